The van der Waals surface area contributed by atoms with Crippen LogP contribution >= 0.6 is 23.6 Å². The van der Waals surface area contributed by atoms with Crippen LogP contribution in [0.25, 0.3) is 0 Å². The summed E-state index contributed by atoms with van der Waals surface area (Å²) in [5, 5.41) is 9.55. The van der Waals surface area contributed by atoms with Gasteiger partial charge in [0.25, 0.3) is 0 Å². The standard InChI is InChI=1S/C13H17N3S2/c1-8(2)12-14-15-13(17)16(12)10-4-3-5-11-9(10)6-7-18-11/h6-8,10H,3-5H2,1-2H3,(H,15,17). The van der Waals surface area contributed by atoms with Crippen molar-refractivity contribution in [2.24, 2.45) is 0 Å². The molecule has 0 spiro atoms. The molecular weight excluding hydrogens is 262 g/mol. The highest BCUT2D eigenvalue weighted by Gasteiger charge is 2.26. The quantitative estimate of drug-likeness (QED) is 0.841. The van der Waals surface area contributed by atoms with Gasteiger partial charge in [0.15, 0.2) is 4.77 Å². The Bertz CT molecular complexity index is 606. The van der Waals surface area contributed by atoms with Gasteiger partial charge in [-0.1, -0.05) is 13.8 Å². The first-order valence-electron chi connectivity index (χ1n) is 6.41. The second kappa shape index (κ2) is 4.63. The number of aromatic amines is 1. The van der Waals surface area contributed by atoms with Crippen molar-refractivity contribution < 1.29 is 0 Å². The fraction of sp³-hybridized carbons (Fsp3) is 0.538. The highest BCUT2D eigenvalue weighted by molar-refractivity contribution is 7.71. The van der Waals surface area contributed by atoms with E-state index in [1.54, 1.807) is 0 Å². The molecule has 2 aromatic rings. The van der Waals surface area contributed by atoms with Crippen LogP contribution in [0.15, 0.2) is 11.4 Å². The second-order valence-electron chi connectivity index (χ2n) is 5.12. The number of nitrogens with zero attached hydrogens (tertiary/aromatic N) is 2. The van der Waals surface area contributed by atoms with E-state index in [0.29, 0.717) is 12.0 Å². The summed E-state index contributed by atoms with van der Waals surface area (Å²) in [4.78, 5) is 1.52. The van der Waals surface area contributed by atoms with E-state index in [4.69, 9.17) is 12.2 Å². The first-order chi connectivity index (χ1) is 8.68. The van der Waals surface area contributed by atoms with Crippen LogP contribution in [0.4, 0.5) is 0 Å². The Balaban J connectivity index is 2.13. The maximum absolute atomic E-state index is 5.42. The zero-order valence-corrected chi connectivity index (χ0v) is 12.3. The number of aryl methyl sites for hydroxylation is 1. The van der Waals surface area contributed by atoms with Gasteiger partial charge >= 0.3 is 0 Å². The van der Waals surface area contributed by atoms with Gasteiger partial charge in [-0.3, -0.25) is 9.67 Å². The van der Waals surface area contributed by atoms with Gasteiger partial charge in [0, 0.05) is 10.8 Å². The first kappa shape index (κ1) is 12.1. The lowest BCUT2D eigenvalue weighted by Gasteiger charge is -2.25. The molecule has 0 bridgehead atoms. The Kier molecular flexibility index (Phi) is 3.11. The summed E-state index contributed by atoms with van der Waals surface area (Å²) >= 11 is 7.29. The molecule has 0 fully saturated rings. The molecule has 1 aliphatic carbocycles. The molecule has 1 unspecified atom stereocenters. The molecule has 18 heavy (non-hydrogen) atoms. The molecule has 3 nitrogen and oxygen atoms in total. The number of rotatable bonds is 2. The molecule has 0 amide bonds. The summed E-state index contributed by atoms with van der Waals surface area (Å²) in [6.45, 7) is 4.33. The lowest BCUT2D eigenvalue weighted by molar-refractivity contribution is 0.467. The third-order valence-electron chi connectivity index (χ3n) is 3.58. The monoisotopic (exact) mass is 279 g/mol. The number of thiophene rings is 1. The van der Waals surface area contributed by atoms with E-state index in [-0.39, 0.29) is 0 Å². The van der Waals surface area contributed by atoms with Crippen LogP contribution in [-0.4, -0.2) is 14.8 Å². The average molecular weight is 279 g/mol. The molecule has 0 radical (unpaired) electrons. The normalized spacial score (nSPS) is 19.2. The molecule has 96 valence electrons. The van der Waals surface area contributed by atoms with Crippen molar-refractivity contribution in [1.29, 1.82) is 0 Å². The topological polar surface area (TPSA) is 33.6 Å². The van der Waals surface area contributed by atoms with Crippen LogP contribution in [0.1, 0.15) is 54.9 Å². The maximum Gasteiger partial charge on any atom is 0.195 e. The van der Waals surface area contributed by atoms with E-state index < -0.39 is 0 Å². The molecule has 1 N–H and O–H groups in total. The van der Waals surface area contributed by atoms with Crippen LogP contribution in [0.5, 0.6) is 0 Å². The molecule has 0 saturated heterocycles. The van der Waals surface area contributed by atoms with E-state index in [0.717, 1.165) is 17.0 Å². The van der Waals surface area contributed by atoms with E-state index >= 15 is 0 Å². The van der Waals surface area contributed by atoms with Crippen molar-refractivity contribution in [2.45, 2.75) is 45.1 Å². The summed E-state index contributed by atoms with van der Waals surface area (Å²) in [7, 11) is 0. The second-order valence-corrected chi connectivity index (χ2v) is 6.51. The summed E-state index contributed by atoms with van der Waals surface area (Å²) in [5.74, 6) is 1.46. The largest absolute Gasteiger partial charge is 0.296 e. The lowest BCUT2D eigenvalue weighted by atomic mass is 9.93. The molecular formula is C13H17N3S2. The number of hydrogen-bond donors (Lipinski definition) is 1. The van der Waals surface area contributed by atoms with Gasteiger partial charge in [0.05, 0.1) is 6.04 Å². The van der Waals surface area contributed by atoms with Crippen LogP contribution in [0.3, 0.4) is 0 Å². The first-order valence-corrected chi connectivity index (χ1v) is 7.70. The number of hydrogen-bond acceptors (Lipinski definition) is 3. The summed E-state index contributed by atoms with van der Waals surface area (Å²) in [6.07, 6.45) is 3.62. The molecule has 1 atom stereocenters. The van der Waals surface area contributed by atoms with Crippen LogP contribution in [-0.2, 0) is 6.42 Å². The fourth-order valence-corrected chi connectivity index (χ4v) is 4.00. The molecule has 2 aromatic heterocycles. The highest BCUT2D eigenvalue weighted by atomic mass is 32.1. The van der Waals surface area contributed by atoms with Crippen LogP contribution in [0.2, 0.25) is 0 Å². The third kappa shape index (κ3) is 1.86. The molecule has 5 heteroatoms. The minimum atomic E-state index is 0.378. The van der Waals surface area contributed by atoms with Gasteiger partial charge in [0.1, 0.15) is 5.82 Å². The smallest absolute Gasteiger partial charge is 0.195 e. The van der Waals surface area contributed by atoms with Crippen molar-refractivity contribution in [1.82, 2.24) is 14.8 Å². The Labute approximate surface area is 116 Å². The zero-order valence-electron chi connectivity index (χ0n) is 10.6. The predicted molar refractivity (Wildman–Crippen MR) is 76.9 cm³/mol. The molecule has 2 heterocycles. The van der Waals surface area contributed by atoms with Gasteiger partial charge < -0.3 is 0 Å². The number of aromatic nitrogens is 3. The molecule has 1 aliphatic rings. The molecule has 0 saturated carbocycles. The number of fused-ring (bicyclic) bond motifs is 1. The Morgan fingerprint density at radius 1 is 1.56 bits per heavy atom. The van der Waals surface area contributed by atoms with Crippen molar-refractivity contribution in [2.75, 3.05) is 0 Å². The maximum atomic E-state index is 5.42. The van der Waals surface area contributed by atoms with Gasteiger partial charge in [-0.2, -0.15) is 5.10 Å². The van der Waals surface area contributed by atoms with E-state index in [2.05, 4.69) is 40.1 Å². The highest BCUT2D eigenvalue weighted by Crippen LogP contribution is 2.37. The van der Waals surface area contributed by atoms with Gasteiger partial charge in [-0.25, -0.2) is 0 Å². The molecule has 3 rings (SSSR count). The number of H-pyrrole nitrogens is 1. The minimum absolute atomic E-state index is 0.378. The van der Waals surface area contributed by atoms with Crippen molar-refractivity contribution >= 4 is 23.6 Å². The summed E-state index contributed by atoms with van der Waals surface area (Å²) < 4.78 is 2.98. The lowest BCUT2D eigenvalue weighted by Crippen LogP contribution is -2.18. The Morgan fingerprint density at radius 3 is 3.17 bits per heavy atom. The van der Waals surface area contributed by atoms with E-state index in [1.807, 2.05) is 11.3 Å². The van der Waals surface area contributed by atoms with Crippen molar-refractivity contribution in [3.63, 3.8) is 0 Å². The SMILES string of the molecule is CC(C)c1n[nH]c(=S)n1C1CCCc2sccc21. The van der Waals surface area contributed by atoms with E-state index in [1.165, 1.54) is 23.3 Å². The minimum Gasteiger partial charge on any atom is -0.296 e. The summed E-state index contributed by atoms with van der Waals surface area (Å²) in [6, 6.07) is 2.63. The number of nitrogens with one attached hydrogen (secondary N) is 1. The summed E-state index contributed by atoms with van der Waals surface area (Å²) in [5.41, 5.74) is 1.45. The zero-order chi connectivity index (χ0) is 12.7. The van der Waals surface area contributed by atoms with Gasteiger partial charge in [0.2, 0.25) is 0 Å². The molecule has 0 aromatic carbocycles. The predicted octanol–water partition coefficient (Wildman–Crippen LogP) is 4.05. The Hall–Kier alpha value is -0.940. The van der Waals surface area contributed by atoms with Crippen molar-refractivity contribution in [3.8, 4) is 0 Å². The van der Waals surface area contributed by atoms with Gasteiger partial charge in [-0.15, -0.1) is 11.3 Å². The average Bonchev–Trinajstić information content (AvgIpc) is 2.94. The Morgan fingerprint density at radius 2 is 2.39 bits per heavy atom. The van der Waals surface area contributed by atoms with Crippen LogP contribution in [0, 0.1) is 4.77 Å². The van der Waals surface area contributed by atoms with E-state index in [9.17, 15) is 0 Å². The van der Waals surface area contributed by atoms with Crippen molar-refractivity contribution in [3.05, 3.63) is 32.5 Å². The third-order valence-corrected chi connectivity index (χ3v) is 4.86. The molecule has 0 aliphatic heterocycles. The van der Waals surface area contributed by atoms with Crippen LogP contribution < -0.4 is 0 Å². The van der Waals surface area contributed by atoms with Gasteiger partial charge in [-0.05, 0) is 48.5 Å². The fourth-order valence-electron chi connectivity index (χ4n) is 2.76.